The quantitative estimate of drug-likeness (QED) is 0.423. The molecule has 3 aliphatic heterocycles. The van der Waals surface area contributed by atoms with Gasteiger partial charge >= 0.3 is 12.1 Å². The van der Waals surface area contributed by atoms with Gasteiger partial charge in [0.25, 0.3) is 5.91 Å². The number of anilines is 1. The summed E-state index contributed by atoms with van der Waals surface area (Å²) in [5.74, 6) is -1.08. The number of hydrogen-bond donors (Lipinski definition) is 1. The zero-order chi connectivity index (χ0) is 31.2. The molecule has 4 aliphatic rings. The molecule has 238 valence electrons. The molecule has 2 aromatic rings. The van der Waals surface area contributed by atoms with Gasteiger partial charge < -0.3 is 19.6 Å². The fourth-order valence-corrected chi connectivity index (χ4v) is 7.55. The fourth-order valence-electron chi connectivity index (χ4n) is 7.55. The van der Waals surface area contributed by atoms with Gasteiger partial charge in [-0.1, -0.05) is 19.1 Å². The molecule has 1 amide bonds. The minimum absolute atomic E-state index is 0.0290. The summed E-state index contributed by atoms with van der Waals surface area (Å²) in [5, 5.41) is 9.40. The molecular formula is C33H39F4N3O4. The molecule has 4 fully saturated rings. The topological polar surface area (TPSA) is 73.3 Å². The molecule has 7 nitrogen and oxygen atoms in total. The first-order valence-corrected chi connectivity index (χ1v) is 15.6. The van der Waals surface area contributed by atoms with Gasteiger partial charge in [0.05, 0.1) is 17.7 Å². The molecule has 0 radical (unpaired) electrons. The van der Waals surface area contributed by atoms with E-state index in [1.807, 2.05) is 12.1 Å². The lowest BCUT2D eigenvalue weighted by Gasteiger charge is -2.48. The largest absolute Gasteiger partial charge is 0.478 e. The molecule has 4 atom stereocenters. The van der Waals surface area contributed by atoms with Crippen LogP contribution in [0.1, 0.15) is 66.4 Å². The highest BCUT2D eigenvalue weighted by molar-refractivity contribution is 5.88. The molecule has 0 bridgehead atoms. The summed E-state index contributed by atoms with van der Waals surface area (Å²) in [6.45, 7) is 5.74. The second-order valence-electron chi connectivity index (χ2n) is 12.9. The van der Waals surface area contributed by atoms with Crippen molar-refractivity contribution in [3.05, 3.63) is 65.0 Å². The lowest BCUT2D eigenvalue weighted by Crippen LogP contribution is -2.61. The van der Waals surface area contributed by atoms with Crippen molar-refractivity contribution < 1.29 is 37.0 Å². The van der Waals surface area contributed by atoms with Crippen molar-refractivity contribution >= 4 is 17.6 Å². The van der Waals surface area contributed by atoms with E-state index in [-0.39, 0.29) is 29.5 Å². The predicted octanol–water partition coefficient (Wildman–Crippen LogP) is 5.64. The van der Waals surface area contributed by atoms with Gasteiger partial charge in [-0.05, 0) is 92.3 Å². The molecule has 1 N–H and O–H groups in total. The van der Waals surface area contributed by atoms with Gasteiger partial charge in [0, 0.05) is 44.5 Å². The molecule has 11 heteroatoms. The number of carboxylic acid groups (broad SMARTS) is 1. The van der Waals surface area contributed by atoms with Crippen molar-refractivity contribution in [1.29, 1.82) is 0 Å². The zero-order valence-electron chi connectivity index (χ0n) is 24.9. The number of alkyl halides is 3. The number of hydrogen-bond acceptors (Lipinski definition) is 5. The van der Waals surface area contributed by atoms with Crippen LogP contribution in [-0.2, 0) is 15.7 Å². The van der Waals surface area contributed by atoms with Crippen LogP contribution in [0.5, 0.6) is 0 Å². The van der Waals surface area contributed by atoms with Gasteiger partial charge in [0.1, 0.15) is 11.4 Å². The van der Waals surface area contributed by atoms with Crippen molar-refractivity contribution in [2.45, 2.75) is 62.8 Å². The standard InChI is InChI=1S/C33H39F4N3O4/c1-21-19-40(10-8-29(21)22-3-2-4-23(15-22)30(41)42)27-7-9-32(44-20-27,24-5-6-24)31(43)39-13-11-38(12-14-39)28-17-25(33(35,36)37)16-26(34)18-28/h2-4,15-18,21,24,27,29H,5-14,19-20H2,1H3,(H,41,42)/t21-,27+,29-,32-/m0/s1. The third-order valence-corrected chi connectivity index (χ3v) is 10.1. The molecule has 6 rings (SSSR count). The Kier molecular flexibility index (Phi) is 8.38. The van der Waals surface area contributed by atoms with Gasteiger partial charge in [-0.25, -0.2) is 9.18 Å². The van der Waals surface area contributed by atoms with E-state index in [2.05, 4.69) is 11.8 Å². The highest BCUT2D eigenvalue weighted by atomic mass is 19.4. The van der Waals surface area contributed by atoms with Crippen LogP contribution in [0.4, 0.5) is 23.2 Å². The normalized spacial score (nSPS) is 28.6. The van der Waals surface area contributed by atoms with E-state index in [4.69, 9.17) is 4.74 Å². The fraction of sp³-hybridized carbons (Fsp3) is 0.576. The zero-order valence-corrected chi connectivity index (χ0v) is 24.9. The maximum atomic E-state index is 14.0. The third kappa shape index (κ3) is 6.18. The van der Waals surface area contributed by atoms with Crippen LogP contribution in [0.25, 0.3) is 0 Å². The molecule has 0 aromatic heterocycles. The Labute approximate surface area is 254 Å². The number of carbonyl (C=O) groups is 2. The Bertz CT molecular complexity index is 1380. The summed E-state index contributed by atoms with van der Waals surface area (Å²) in [5.41, 5.74) is -0.332. The first-order valence-electron chi connectivity index (χ1n) is 15.6. The number of ether oxygens (including phenoxy) is 1. The van der Waals surface area contributed by atoms with E-state index >= 15 is 0 Å². The van der Waals surface area contributed by atoms with Gasteiger partial charge in [-0.2, -0.15) is 13.2 Å². The highest BCUT2D eigenvalue weighted by Gasteiger charge is 2.56. The summed E-state index contributed by atoms with van der Waals surface area (Å²) < 4.78 is 60.2. The number of nitrogens with zero attached hydrogens (tertiary/aromatic N) is 3. The first kappa shape index (κ1) is 30.8. The van der Waals surface area contributed by atoms with Gasteiger partial charge in [-0.15, -0.1) is 0 Å². The highest BCUT2D eigenvalue weighted by Crippen LogP contribution is 2.48. The van der Waals surface area contributed by atoms with E-state index in [0.717, 1.165) is 56.5 Å². The summed E-state index contributed by atoms with van der Waals surface area (Å²) in [6, 6.07) is 10.0. The number of carboxylic acids is 1. The van der Waals surface area contributed by atoms with Crippen molar-refractivity contribution in [2.24, 2.45) is 11.8 Å². The molecular weight excluding hydrogens is 578 g/mol. The summed E-state index contributed by atoms with van der Waals surface area (Å²) >= 11 is 0. The summed E-state index contributed by atoms with van der Waals surface area (Å²) in [4.78, 5) is 31.4. The van der Waals surface area contributed by atoms with E-state index < -0.39 is 29.1 Å². The Morgan fingerprint density at radius 2 is 1.73 bits per heavy atom. The first-order chi connectivity index (χ1) is 20.9. The molecule has 3 heterocycles. The number of likely N-dealkylation sites (tertiary alicyclic amines) is 1. The molecule has 0 spiro atoms. The van der Waals surface area contributed by atoms with Crippen molar-refractivity contribution in [3.8, 4) is 0 Å². The van der Waals surface area contributed by atoms with E-state index in [0.29, 0.717) is 56.8 Å². The lowest BCUT2D eigenvalue weighted by atomic mass is 9.79. The predicted molar refractivity (Wildman–Crippen MR) is 156 cm³/mol. The van der Waals surface area contributed by atoms with Crippen LogP contribution in [0.15, 0.2) is 42.5 Å². The number of halogens is 4. The van der Waals surface area contributed by atoms with E-state index in [1.165, 1.54) is 0 Å². The molecule has 0 unspecified atom stereocenters. The smallest absolute Gasteiger partial charge is 0.416 e. The Morgan fingerprint density at radius 1 is 0.977 bits per heavy atom. The number of piperidine rings is 1. The van der Waals surface area contributed by atoms with Crippen LogP contribution in [0.3, 0.4) is 0 Å². The molecule has 44 heavy (non-hydrogen) atoms. The van der Waals surface area contributed by atoms with Gasteiger partial charge in [0.2, 0.25) is 0 Å². The van der Waals surface area contributed by atoms with E-state index in [9.17, 15) is 32.3 Å². The number of benzene rings is 2. The number of rotatable bonds is 6. The van der Waals surface area contributed by atoms with Crippen molar-refractivity contribution in [1.82, 2.24) is 9.80 Å². The summed E-state index contributed by atoms with van der Waals surface area (Å²) in [7, 11) is 0. The second-order valence-corrected chi connectivity index (χ2v) is 12.9. The molecule has 3 saturated heterocycles. The lowest BCUT2D eigenvalue weighted by molar-refractivity contribution is -0.176. The van der Waals surface area contributed by atoms with Crippen LogP contribution < -0.4 is 4.90 Å². The van der Waals surface area contributed by atoms with Gasteiger partial charge in [0.15, 0.2) is 0 Å². The third-order valence-electron chi connectivity index (χ3n) is 10.1. The number of aromatic carboxylic acids is 1. The van der Waals surface area contributed by atoms with Crippen molar-refractivity contribution in [3.63, 3.8) is 0 Å². The Hall–Kier alpha value is -3.18. The monoisotopic (exact) mass is 617 g/mol. The summed E-state index contributed by atoms with van der Waals surface area (Å²) in [6.07, 6.45) is -0.348. The molecule has 2 aromatic carbocycles. The average Bonchev–Trinajstić information content (AvgIpc) is 3.86. The van der Waals surface area contributed by atoms with Crippen LogP contribution in [-0.4, -0.2) is 84.3 Å². The Morgan fingerprint density at radius 3 is 2.34 bits per heavy atom. The number of amides is 1. The SMILES string of the molecule is C[C@H]1CN([C@@H]2CC[C@@](C(=O)N3CCN(c4cc(F)cc(C(F)(F)F)c4)CC3)(C3CC3)OC2)CC[C@@H]1c1cccc(C(=O)O)c1. The average molecular weight is 618 g/mol. The van der Waals surface area contributed by atoms with Crippen LogP contribution in [0, 0.1) is 17.7 Å². The minimum atomic E-state index is -4.64. The Balaban J connectivity index is 1.06. The second kappa shape index (κ2) is 12.0. The van der Waals surface area contributed by atoms with Gasteiger partial charge in [-0.3, -0.25) is 9.69 Å². The maximum Gasteiger partial charge on any atom is 0.416 e. The van der Waals surface area contributed by atoms with Crippen molar-refractivity contribution in [2.75, 3.05) is 50.8 Å². The van der Waals surface area contributed by atoms with E-state index in [1.54, 1.807) is 21.9 Å². The maximum absolute atomic E-state index is 14.0. The number of carbonyl (C=O) groups excluding carboxylic acids is 1. The van der Waals surface area contributed by atoms with Crippen LogP contribution >= 0.6 is 0 Å². The van der Waals surface area contributed by atoms with Crippen LogP contribution in [0.2, 0.25) is 0 Å². The molecule has 1 saturated carbocycles. The number of piperazine rings is 1. The minimum Gasteiger partial charge on any atom is -0.478 e. The molecule has 1 aliphatic carbocycles.